The van der Waals surface area contributed by atoms with Crippen molar-refractivity contribution in [3.05, 3.63) is 33.7 Å². The highest BCUT2D eigenvalue weighted by Crippen LogP contribution is 2.38. The summed E-state index contributed by atoms with van der Waals surface area (Å²) in [5, 5.41) is 2.55. The predicted molar refractivity (Wildman–Crippen MR) is 114 cm³/mol. The molecule has 2 atom stereocenters. The number of amides is 2. The zero-order chi connectivity index (χ0) is 21.3. The Morgan fingerprint density at radius 1 is 1.23 bits per heavy atom. The van der Waals surface area contributed by atoms with Gasteiger partial charge in [0.15, 0.2) is 0 Å². The van der Waals surface area contributed by atoms with Crippen LogP contribution in [0.5, 0.6) is 5.75 Å². The molecule has 7 nitrogen and oxygen atoms in total. The summed E-state index contributed by atoms with van der Waals surface area (Å²) in [6.07, 6.45) is 3.35. The Morgan fingerprint density at radius 2 is 1.93 bits per heavy atom. The van der Waals surface area contributed by atoms with Gasteiger partial charge in [-0.2, -0.15) is 0 Å². The number of nitrogens with zero attached hydrogens (tertiary/aromatic N) is 2. The van der Waals surface area contributed by atoms with E-state index in [4.69, 9.17) is 9.47 Å². The van der Waals surface area contributed by atoms with Gasteiger partial charge < -0.3 is 9.47 Å². The first-order valence-electron chi connectivity index (χ1n) is 9.77. The number of likely N-dealkylation sites (tertiary alicyclic amines) is 1. The molecule has 1 saturated heterocycles. The topological polar surface area (TPSA) is 85.8 Å². The monoisotopic (exact) mass is 492 g/mol. The molecule has 0 bridgehead atoms. The van der Waals surface area contributed by atoms with Crippen molar-refractivity contribution in [2.24, 2.45) is 11.8 Å². The van der Waals surface area contributed by atoms with Crippen LogP contribution in [0.3, 0.4) is 0 Å². The molecule has 1 aromatic heterocycles. The minimum atomic E-state index is -0.607. The van der Waals surface area contributed by atoms with Gasteiger partial charge in [-0.25, -0.2) is 4.98 Å². The molecule has 2 unspecified atom stereocenters. The lowest BCUT2D eigenvalue weighted by atomic mass is 9.81. The summed E-state index contributed by atoms with van der Waals surface area (Å²) >= 11 is 4.86. The number of ether oxygens (including phenoxy) is 2. The van der Waals surface area contributed by atoms with Crippen molar-refractivity contribution in [1.82, 2.24) is 9.88 Å². The number of methoxy groups -OCH3 is 1. The second kappa shape index (κ2) is 8.85. The molecular weight excluding hydrogens is 472 g/mol. The normalized spacial score (nSPS) is 20.9. The SMILES string of the molecule is COc1ccc(Br)cc1-c1nc(COC(=O)CN2C(=O)C3CCCCC3C2=O)cs1. The number of carbonyl (C=O) groups is 3. The van der Waals surface area contributed by atoms with E-state index in [1.165, 1.54) is 11.3 Å². The van der Waals surface area contributed by atoms with Gasteiger partial charge in [-0.1, -0.05) is 28.8 Å². The number of fused-ring (bicyclic) bond motifs is 1. The maximum atomic E-state index is 12.5. The largest absolute Gasteiger partial charge is 0.496 e. The minimum Gasteiger partial charge on any atom is -0.496 e. The summed E-state index contributed by atoms with van der Waals surface area (Å²) in [7, 11) is 1.60. The van der Waals surface area contributed by atoms with Crippen LogP contribution in [0.25, 0.3) is 10.6 Å². The number of hydrogen-bond donors (Lipinski definition) is 0. The van der Waals surface area contributed by atoms with Crippen molar-refractivity contribution in [2.75, 3.05) is 13.7 Å². The fourth-order valence-corrected chi connectivity index (χ4v) is 5.25. The molecule has 1 aliphatic heterocycles. The number of imide groups is 1. The molecule has 2 aliphatic rings. The highest BCUT2D eigenvalue weighted by Gasteiger charge is 2.48. The van der Waals surface area contributed by atoms with E-state index in [2.05, 4.69) is 20.9 Å². The van der Waals surface area contributed by atoms with Crippen LogP contribution in [-0.2, 0) is 25.7 Å². The maximum Gasteiger partial charge on any atom is 0.326 e. The highest BCUT2D eigenvalue weighted by molar-refractivity contribution is 9.10. The van der Waals surface area contributed by atoms with E-state index in [0.29, 0.717) is 11.4 Å². The summed E-state index contributed by atoms with van der Waals surface area (Å²) < 4.78 is 11.6. The average molecular weight is 493 g/mol. The van der Waals surface area contributed by atoms with Gasteiger partial charge in [-0.3, -0.25) is 19.3 Å². The molecule has 0 radical (unpaired) electrons. The van der Waals surface area contributed by atoms with Crippen molar-refractivity contribution in [3.8, 4) is 16.3 Å². The molecule has 1 aromatic carbocycles. The Bertz CT molecular complexity index is 968. The molecule has 9 heteroatoms. The van der Waals surface area contributed by atoms with Crippen molar-refractivity contribution < 1.29 is 23.9 Å². The van der Waals surface area contributed by atoms with E-state index < -0.39 is 5.97 Å². The van der Waals surface area contributed by atoms with Gasteiger partial charge in [-0.15, -0.1) is 11.3 Å². The van der Waals surface area contributed by atoms with Crippen LogP contribution in [0.4, 0.5) is 0 Å². The molecule has 0 spiro atoms. The molecule has 30 heavy (non-hydrogen) atoms. The first kappa shape index (κ1) is 21.0. The highest BCUT2D eigenvalue weighted by atomic mass is 79.9. The third-order valence-corrected chi connectivity index (χ3v) is 6.96. The molecule has 2 heterocycles. The Kier molecular flexibility index (Phi) is 6.19. The first-order chi connectivity index (χ1) is 14.5. The van der Waals surface area contributed by atoms with Crippen molar-refractivity contribution in [3.63, 3.8) is 0 Å². The van der Waals surface area contributed by atoms with Gasteiger partial charge in [0.05, 0.1) is 30.2 Å². The summed E-state index contributed by atoms with van der Waals surface area (Å²) in [5.74, 6) is -0.909. The number of hydrogen-bond acceptors (Lipinski definition) is 7. The zero-order valence-corrected chi connectivity index (χ0v) is 18.8. The van der Waals surface area contributed by atoms with Crippen LogP contribution in [-0.4, -0.2) is 41.3 Å². The summed E-state index contributed by atoms with van der Waals surface area (Å²) in [5.41, 5.74) is 1.43. The number of benzene rings is 1. The number of carbonyl (C=O) groups excluding carboxylic acids is 3. The van der Waals surface area contributed by atoms with Crippen LogP contribution in [0.1, 0.15) is 31.4 Å². The van der Waals surface area contributed by atoms with Gasteiger partial charge in [0.25, 0.3) is 0 Å². The zero-order valence-electron chi connectivity index (χ0n) is 16.4. The van der Waals surface area contributed by atoms with Gasteiger partial charge in [0.1, 0.15) is 23.9 Å². The number of halogens is 1. The first-order valence-corrected chi connectivity index (χ1v) is 11.4. The lowest BCUT2D eigenvalue weighted by molar-refractivity contribution is -0.153. The molecule has 4 rings (SSSR count). The molecule has 0 N–H and O–H groups in total. The Balaban J connectivity index is 1.37. The second-order valence-electron chi connectivity index (χ2n) is 7.41. The second-order valence-corrected chi connectivity index (χ2v) is 9.18. The van der Waals surface area contributed by atoms with E-state index in [1.54, 1.807) is 7.11 Å². The lowest BCUT2D eigenvalue weighted by Crippen LogP contribution is -2.36. The van der Waals surface area contributed by atoms with E-state index in [-0.39, 0.29) is 36.8 Å². The molecule has 2 amide bonds. The Morgan fingerprint density at radius 3 is 2.60 bits per heavy atom. The smallest absolute Gasteiger partial charge is 0.326 e. The quantitative estimate of drug-likeness (QED) is 0.450. The van der Waals surface area contributed by atoms with Gasteiger partial charge in [-0.05, 0) is 31.0 Å². The Labute approximate surface area is 186 Å². The summed E-state index contributed by atoms with van der Waals surface area (Å²) in [6, 6.07) is 5.65. The molecular formula is C21H21BrN2O5S. The number of esters is 1. The van der Waals surface area contributed by atoms with E-state index >= 15 is 0 Å². The number of rotatable bonds is 6. The summed E-state index contributed by atoms with van der Waals surface area (Å²) in [4.78, 5) is 42.8. The van der Waals surface area contributed by atoms with Crippen LogP contribution in [0, 0.1) is 11.8 Å². The molecule has 2 fully saturated rings. The molecule has 2 aromatic rings. The lowest BCUT2D eigenvalue weighted by Gasteiger charge is -2.19. The number of aromatic nitrogens is 1. The van der Waals surface area contributed by atoms with Crippen molar-refractivity contribution in [2.45, 2.75) is 32.3 Å². The Hall–Kier alpha value is -2.26. The molecule has 1 saturated carbocycles. The number of thiazole rings is 1. The van der Waals surface area contributed by atoms with Gasteiger partial charge in [0.2, 0.25) is 11.8 Å². The fourth-order valence-electron chi connectivity index (χ4n) is 4.06. The maximum absolute atomic E-state index is 12.5. The predicted octanol–water partition coefficient (Wildman–Crippen LogP) is 3.80. The average Bonchev–Trinajstić information content (AvgIpc) is 3.32. The molecule has 158 valence electrons. The van der Waals surface area contributed by atoms with E-state index in [0.717, 1.165) is 45.6 Å². The third kappa shape index (κ3) is 4.13. The van der Waals surface area contributed by atoms with Crippen LogP contribution in [0.2, 0.25) is 0 Å². The van der Waals surface area contributed by atoms with Crippen LogP contribution < -0.4 is 4.74 Å². The van der Waals surface area contributed by atoms with Crippen LogP contribution in [0.15, 0.2) is 28.1 Å². The standard InChI is InChI=1S/C21H21BrN2O5S/c1-28-17-7-6-12(22)8-16(17)19-23-13(11-30-19)10-29-18(25)9-24-20(26)14-4-2-3-5-15(14)21(24)27/h6-8,11,14-15H,2-5,9-10H2,1H3. The summed E-state index contributed by atoms with van der Waals surface area (Å²) in [6.45, 7) is -0.351. The van der Waals surface area contributed by atoms with E-state index in [9.17, 15) is 14.4 Å². The van der Waals surface area contributed by atoms with Gasteiger partial charge in [0, 0.05) is 9.85 Å². The van der Waals surface area contributed by atoms with Crippen molar-refractivity contribution in [1.29, 1.82) is 0 Å². The van der Waals surface area contributed by atoms with Crippen molar-refractivity contribution >= 4 is 45.1 Å². The fraction of sp³-hybridized carbons (Fsp3) is 0.429. The van der Waals surface area contributed by atoms with Crippen LogP contribution >= 0.6 is 27.3 Å². The molecule has 1 aliphatic carbocycles. The third-order valence-electron chi connectivity index (χ3n) is 5.54. The van der Waals surface area contributed by atoms with Gasteiger partial charge >= 0.3 is 5.97 Å². The minimum absolute atomic E-state index is 0.0191. The van der Waals surface area contributed by atoms with E-state index in [1.807, 2.05) is 23.6 Å².